The fraction of sp³-hybridized carbons (Fsp3) is 0.136. The molecule has 1 aromatic carbocycles. The highest BCUT2D eigenvalue weighted by atomic mass is 79.9. The van der Waals surface area contributed by atoms with E-state index in [-0.39, 0.29) is 24.4 Å². The number of anilines is 1. The van der Waals surface area contributed by atoms with Gasteiger partial charge >= 0.3 is 0 Å². The number of sulfonamides is 1. The van der Waals surface area contributed by atoms with E-state index in [0.29, 0.717) is 27.9 Å². The molecule has 0 saturated carbocycles. The molecule has 1 aliphatic carbocycles. The summed E-state index contributed by atoms with van der Waals surface area (Å²) in [5.74, 6) is -0.660. The van der Waals surface area contributed by atoms with E-state index in [1.165, 1.54) is 0 Å². The van der Waals surface area contributed by atoms with E-state index >= 15 is 0 Å². The summed E-state index contributed by atoms with van der Waals surface area (Å²) in [6.45, 7) is 0.217. The lowest BCUT2D eigenvalue weighted by Gasteiger charge is -2.14. The van der Waals surface area contributed by atoms with E-state index < -0.39 is 15.9 Å². The second-order valence-electron chi connectivity index (χ2n) is 7.40. The number of carbonyl (C=O) groups excluding carboxylic acids is 2. The van der Waals surface area contributed by atoms with E-state index in [1.54, 1.807) is 41.1 Å². The molecule has 0 saturated heterocycles. The number of carbonyl (C=O) groups is 2. The number of pyridine rings is 1. The Morgan fingerprint density at radius 1 is 1.28 bits per heavy atom. The molecule has 3 N–H and O–H groups in total. The molecule has 0 atom stereocenters. The lowest BCUT2D eigenvalue weighted by atomic mass is 9.93. The van der Waals surface area contributed by atoms with Crippen LogP contribution >= 0.6 is 15.9 Å². The fourth-order valence-corrected chi connectivity index (χ4v) is 4.55. The molecule has 0 radical (unpaired) electrons. The van der Waals surface area contributed by atoms with Crippen molar-refractivity contribution in [1.82, 2.24) is 14.3 Å². The third kappa shape index (κ3) is 4.37. The standard InChI is InChI=1S/C22H19BrN4O4S/c1-32(30,31)26-22(29)21-20(15-4-2-3-5-18(15)28)16-11-14(23)6-7-17(16)27(21)12-13-8-9-25-19(24)10-13/h2-4,6-11H,5,12H2,1H3,(H2,24,25)(H,26,29). The topological polar surface area (TPSA) is 124 Å². The smallest absolute Gasteiger partial charge is 0.282 e. The third-order valence-corrected chi connectivity index (χ3v) is 6.03. The number of aromatic nitrogens is 2. The van der Waals surface area contributed by atoms with Crippen molar-refractivity contribution in [2.75, 3.05) is 12.0 Å². The van der Waals surface area contributed by atoms with Crippen LogP contribution in [0.25, 0.3) is 16.5 Å². The fourth-order valence-electron chi connectivity index (χ4n) is 3.76. The highest BCUT2D eigenvalue weighted by Crippen LogP contribution is 2.36. The van der Waals surface area contributed by atoms with Crippen LogP contribution in [-0.2, 0) is 21.4 Å². The molecule has 32 heavy (non-hydrogen) atoms. The number of hydrogen-bond donors (Lipinski definition) is 2. The van der Waals surface area contributed by atoms with Gasteiger partial charge in [-0.05, 0) is 35.9 Å². The van der Waals surface area contributed by atoms with Crippen LogP contribution in [-0.4, -0.2) is 35.9 Å². The van der Waals surface area contributed by atoms with Gasteiger partial charge in [-0.15, -0.1) is 0 Å². The normalized spacial score (nSPS) is 13.9. The first-order valence-electron chi connectivity index (χ1n) is 9.58. The monoisotopic (exact) mass is 514 g/mol. The molecule has 1 amide bonds. The zero-order chi connectivity index (χ0) is 23.0. The van der Waals surface area contributed by atoms with Gasteiger partial charge in [-0.25, -0.2) is 18.1 Å². The molecule has 4 rings (SSSR count). The minimum atomic E-state index is -3.84. The number of rotatable bonds is 5. The summed E-state index contributed by atoms with van der Waals surface area (Å²) in [6, 6.07) is 8.88. The first-order chi connectivity index (χ1) is 15.1. The second kappa shape index (κ2) is 8.36. The third-order valence-electron chi connectivity index (χ3n) is 4.98. The van der Waals surface area contributed by atoms with Crippen molar-refractivity contribution in [3.8, 4) is 0 Å². The summed E-state index contributed by atoms with van der Waals surface area (Å²) in [4.78, 5) is 30.0. The predicted octanol–water partition coefficient (Wildman–Crippen LogP) is 3.03. The molecule has 10 heteroatoms. The number of nitrogens with two attached hydrogens (primary N) is 1. The predicted molar refractivity (Wildman–Crippen MR) is 126 cm³/mol. The number of fused-ring (bicyclic) bond motifs is 1. The average Bonchev–Trinajstić information content (AvgIpc) is 3.00. The Morgan fingerprint density at radius 2 is 2.06 bits per heavy atom. The van der Waals surface area contributed by atoms with Gasteiger partial charge < -0.3 is 10.3 Å². The van der Waals surface area contributed by atoms with Crippen LogP contribution in [0.4, 0.5) is 5.82 Å². The van der Waals surface area contributed by atoms with Crippen molar-refractivity contribution in [3.63, 3.8) is 0 Å². The number of benzene rings is 1. The van der Waals surface area contributed by atoms with Crippen LogP contribution in [0.3, 0.4) is 0 Å². The summed E-state index contributed by atoms with van der Waals surface area (Å²) < 4.78 is 28.3. The Bertz CT molecular complexity index is 1440. The Morgan fingerprint density at radius 3 is 2.75 bits per heavy atom. The van der Waals surface area contributed by atoms with Crippen molar-refractivity contribution in [3.05, 3.63) is 76.1 Å². The summed E-state index contributed by atoms with van der Waals surface area (Å²) >= 11 is 3.45. The van der Waals surface area contributed by atoms with E-state index in [1.807, 2.05) is 18.2 Å². The maximum atomic E-state index is 13.2. The second-order valence-corrected chi connectivity index (χ2v) is 10.1. The van der Waals surface area contributed by atoms with Crippen molar-refractivity contribution in [2.24, 2.45) is 0 Å². The van der Waals surface area contributed by atoms with Gasteiger partial charge in [0.15, 0.2) is 5.78 Å². The van der Waals surface area contributed by atoms with E-state index in [4.69, 9.17) is 5.73 Å². The minimum absolute atomic E-state index is 0.0776. The van der Waals surface area contributed by atoms with Crippen molar-refractivity contribution in [2.45, 2.75) is 13.0 Å². The lowest BCUT2D eigenvalue weighted by molar-refractivity contribution is -0.113. The van der Waals surface area contributed by atoms with Crippen LogP contribution in [0.1, 0.15) is 28.0 Å². The highest BCUT2D eigenvalue weighted by Gasteiger charge is 2.29. The van der Waals surface area contributed by atoms with Gasteiger partial charge in [-0.1, -0.05) is 34.2 Å². The maximum Gasteiger partial charge on any atom is 0.282 e. The van der Waals surface area contributed by atoms with Gasteiger partial charge in [0.25, 0.3) is 5.91 Å². The van der Waals surface area contributed by atoms with E-state index in [9.17, 15) is 18.0 Å². The van der Waals surface area contributed by atoms with E-state index in [2.05, 4.69) is 25.6 Å². The summed E-state index contributed by atoms with van der Waals surface area (Å²) in [5.41, 5.74) is 8.07. The van der Waals surface area contributed by atoms with Crippen LogP contribution < -0.4 is 10.5 Å². The van der Waals surface area contributed by atoms with Crippen LogP contribution in [0.15, 0.2) is 59.2 Å². The molecule has 164 valence electrons. The Labute approximate surface area is 193 Å². The first kappa shape index (κ1) is 22.0. The zero-order valence-corrected chi connectivity index (χ0v) is 19.4. The number of allylic oxidation sites excluding steroid dienone is 4. The first-order valence-corrected chi connectivity index (χ1v) is 12.3. The van der Waals surface area contributed by atoms with Gasteiger partial charge in [0, 0.05) is 45.7 Å². The van der Waals surface area contributed by atoms with E-state index in [0.717, 1.165) is 16.3 Å². The molecule has 1 aliphatic rings. The number of nitrogens with one attached hydrogen (secondary N) is 1. The molecular weight excluding hydrogens is 496 g/mol. The number of halogens is 1. The number of hydrogen-bond acceptors (Lipinski definition) is 6. The molecule has 0 aliphatic heterocycles. The van der Waals surface area contributed by atoms with Gasteiger partial charge in [0.1, 0.15) is 11.5 Å². The van der Waals surface area contributed by atoms with Crippen LogP contribution in [0.2, 0.25) is 0 Å². The number of ketones is 1. The van der Waals surface area contributed by atoms with Gasteiger partial charge in [0.2, 0.25) is 10.0 Å². The van der Waals surface area contributed by atoms with Crippen molar-refractivity contribution >= 4 is 59.9 Å². The Hall–Kier alpha value is -3.24. The highest BCUT2D eigenvalue weighted by molar-refractivity contribution is 9.10. The number of nitrogens with zero attached hydrogens (tertiary/aromatic N) is 2. The molecule has 0 unspecified atom stereocenters. The summed E-state index contributed by atoms with van der Waals surface area (Å²) in [7, 11) is -3.84. The quantitative estimate of drug-likeness (QED) is 0.539. The number of nitrogen functional groups attached to an aromatic ring is 1. The summed E-state index contributed by atoms with van der Waals surface area (Å²) in [6.07, 6.45) is 7.79. The number of amides is 1. The lowest BCUT2D eigenvalue weighted by Crippen LogP contribution is -2.32. The van der Waals surface area contributed by atoms with Gasteiger partial charge in [-0.2, -0.15) is 0 Å². The van der Waals surface area contributed by atoms with Gasteiger partial charge in [0.05, 0.1) is 6.26 Å². The molecular formula is C22H19BrN4O4S. The summed E-state index contributed by atoms with van der Waals surface area (Å²) in [5, 5.41) is 0.648. The Balaban J connectivity index is 2.05. The SMILES string of the molecule is CS(=O)(=O)NC(=O)c1c(C2=CC=CCC2=O)c2cc(Br)ccc2n1Cc1ccnc(N)c1. The Kier molecular flexibility index (Phi) is 5.74. The maximum absolute atomic E-state index is 13.2. The molecule has 3 aromatic rings. The molecule has 2 aromatic heterocycles. The van der Waals surface area contributed by atoms with Crippen molar-refractivity contribution < 1.29 is 18.0 Å². The van der Waals surface area contributed by atoms with Gasteiger partial charge in [-0.3, -0.25) is 9.59 Å². The molecule has 8 nitrogen and oxygen atoms in total. The average molecular weight is 515 g/mol. The van der Waals surface area contributed by atoms with Crippen LogP contribution in [0, 0.1) is 0 Å². The van der Waals surface area contributed by atoms with Crippen molar-refractivity contribution in [1.29, 1.82) is 0 Å². The molecule has 0 fully saturated rings. The molecule has 2 heterocycles. The molecule has 0 bridgehead atoms. The zero-order valence-electron chi connectivity index (χ0n) is 17.0. The number of Topliss-reactive ketones (excluding diaryl/α,β-unsaturated/α-hetero) is 1. The molecule has 0 spiro atoms. The van der Waals surface area contributed by atoms with Crippen LogP contribution in [0.5, 0.6) is 0 Å². The largest absolute Gasteiger partial charge is 0.384 e. The minimum Gasteiger partial charge on any atom is -0.384 e.